The number of amides is 2. The lowest BCUT2D eigenvalue weighted by molar-refractivity contribution is -0.146. The van der Waals surface area contributed by atoms with Gasteiger partial charge in [-0.3, -0.25) is 9.59 Å². The van der Waals surface area contributed by atoms with Crippen molar-refractivity contribution in [2.45, 2.75) is 32.7 Å². The molecule has 8 heteroatoms. The molecule has 2 fully saturated rings. The molecule has 3 heterocycles. The molecule has 2 aromatic rings. The molecular formula is C19H21FN4O2S. The zero-order chi connectivity index (χ0) is 19.0. The summed E-state index contributed by atoms with van der Waals surface area (Å²) in [7, 11) is 0. The van der Waals surface area contributed by atoms with Crippen molar-refractivity contribution in [2.24, 2.45) is 5.41 Å². The van der Waals surface area contributed by atoms with Crippen LogP contribution in [-0.2, 0) is 11.3 Å². The Bertz CT molecular complexity index is 869. The Labute approximate surface area is 161 Å². The highest BCUT2D eigenvalue weighted by Gasteiger charge is 2.49. The van der Waals surface area contributed by atoms with E-state index in [9.17, 15) is 14.0 Å². The van der Waals surface area contributed by atoms with Crippen molar-refractivity contribution in [2.75, 3.05) is 19.6 Å². The second-order valence-corrected chi connectivity index (χ2v) is 8.16. The van der Waals surface area contributed by atoms with Gasteiger partial charge in [0.2, 0.25) is 5.91 Å². The SMILES string of the molecule is Cc1nnsc1C(=O)N1CCC2(CCCN(Cc3ccc(F)cc3)C2=O)C1. The van der Waals surface area contributed by atoms with Gasteiger partial charge in [-0.2, -0.15) is 0 Å². The van der Waals surface area contributed by atoms with Crippen LogP contribution in [0.4, 0.5) is 4.39 Å². The van der Waals surface area contributed by atoms with Gasteiger partial charge in [-0.25, -0.2) is 4.39 Å². The Morgan fingerprint density at radius 1 is 1.26 bits per heavy atom. The van der Waals surface area contributed by atoms with E-state index in [1.165, 1.54) is 12.1 Å². The fourth-order valence-electron chi connectivity index (χ4n) is 4.11. The van der Waals surface area contributed by atoms with Gasteiger partial charge >= 0.3 is 0 Å². The zero-order valence-electron chi connectivity index (χ0n) is 15.2. The number of likely N-dealkylation sites (tertiary alicyclic amines) is 2. The quantitative estimate of drug-likeness (QED) is 0.811. The van der Waals surface area contributed by atoms with Crippen molar-refractivity contribution in [1.82, 2.24) is 19.4 Å². The third-order valence-electron chi connectivity index (χ3n) is 5.60. The topological polar surface area (TPSA) is 66.4 Å². The van der Waals surface area contributed by atoms with Gasteiger partial charge in [0.05, 0.1) is 11.1 Å². The van der Waals surface area contributed by atoms with Crippen molar-refractivity contribution in [1.29, 1.82) is 0 Å². The zero-order valence-corrected chi connectivity index (χ0v) is 16.0. The highest BCUT2D eigenvalue weighted by Crippen LogP contribution is 2.41. The summed E-state index contributed by atoms with van der Waals surface area (Å²) in [5.74, 6) is -0.256. The van der Waals surface area contributed by atoms with Gasteiger partial charge in [-0.05, 0) is 55.4 Å². The summed E-state index contributed by atoms with van der Waals surface area (Å²) in [6.07, 6.45) is 2.40. The number of hydrogen-bond acceptors (Lipinski definition) is 5. The molecule has 0 bridgehead atoms. The molecule has 142 valence electrons. The molecule has 27 heavy (non-hydrogen) atoms. The summed E-state index contributed by atoms with van der Waals surface area (Å²) in [4.78, 5) is 30.2. The van der Waals surface area contributed by atoms with E-state index >= 15 is 0 Å². The minimum absolute atomic E-state index is 0.0807. The maximum atomic E-state index is 13.2. The molecule has 2 saturated heterocycles. The number of carbonyl (C=O) groups excluding carboxylic acids is 2. The van der Waals surface area contributed by atoms with Crippen LogP contribution >= 0.6 is 11.5 Å². The Kier molecular flexibility index (Phi) is 4.67. The molecule has 6 nitrogen and oxygen atoms in total. The predicted molar refractivity (Wildman–Crippen MR) is 98.7 cm³/mol. The third-order valence-corrected chi connectivity index (χ3v) is 6.41. The Morgan fingerprint density at radius 3 is 2.74 bits per heavy atom. The molecular weight excluding hydrogens is 367 g/mol. The number of carbonyl (C=O) groups is 2. The molecule has 0 aliphatic carbocycles. The Hall–Kier alpha value is -2.35. The molecule has 1 aromatic heterocycles. The predicted octanol–water partition coefficient (Wildman–Crippen LogP) is 2.64. The van der Waals surface area contributed by atoms with Crippen molar-refractivity contribution in [3.63, 3.8) is 0 Å². The summed E-state index contributed by atoms with van der Waals surface area (Å²) in [6, 6.07) is 6.27. The second-order valence-electron chi connectivity index (χ2n) is 7.40. The van der Waals surface area contributed by atoms with E-state index in [1.54, 1.807) is 24.0 Å². The minimum atomic E-state index is -0.500. The summed E-state index contributed by atoms with van der Waals surface area (Å²) in [6.45, 7) is 3.98. The first-order valence-electron chi connectivity index (χ1n) is 9.11. The fraction of sp³-hybridized carbons (Fsp3) is 0.474. The van der Waals surface area contributed by atoms with Crippen LogP contribution in [0.15, 0.2) is 24.3 Å². The largest absolute Gasteiger partial charge is 0.338 e. The van der Waals surface area contributed by atoms with Crippen LogP contribution in [0.1, 0.15) is 40.2 Å². The molecule has 1 aromatic carbocycles. The maximum absolute atomic E-state index is 13.2. The van der Waals surface area contributed by atoms with E-state index in [0.717, 1.165) is 29.9 Å². The number of piperidine rings is 1. The summed E-state index contributed by atoms with van der Waals surface area (Å²) < 4.78 is 17.0. The molecule has 2 aliphatic heterocycles. The van der Waals surface area contributed by atoms with Crippen LogP contribution in [0.5, 0.6) is 0 Å². The van der Waals surface area contributed by atoms with Crippen molar-refractivity contribution in [3.8, 4) is 0 Å². The monoisotopic (exact) mass is 388 g/mol. The highest BCUT2D eigenvalue weighted by molar-refractivity contribution is 7.07. The summed E-state index contributed by atoms with van der Waals surface area (Å²) >= 11 is 1.11. The molecule has 0 radical (unpaired) electrons. The fourth-order valence-corrected chi connectivity index (χ4v) is 4.73. The average Bonchev–Trinajstić information content (AvgIpc) is 3.28. The first-order valence-corrected chi connectivity index (χ1v) is 9.88. The molecule has 0 N–H and O–H groups in total. The lowest BCUT2D eigenvalue weighted by atomic mass is 9.78. The minimum Gasteiger partial charge on any atom is -0.338 e. The van der Waals surface area contributed by atoms with E-state index in [1.807, 2.05) is 4.90 Å². The van der Waals surface area contributed by atoms with Gasteiger partial charge in [0.15, 0.2) is 0 Å². The molecule has 0 saturated carbocycles. The number of hydrogen-bond donors (Lipinski definition) is 0. The number of aromatic nitrogens is 2. The number of halogens is 1. The van der Waals surface area contributed by atoms with Crippen LogP contribution < -0.4 is 0 Å². The second kappa shape index (κ2) is 6.99. The van der Waals surface area contributed by atoms with Crippen LogP contribution in [0.2, 0.25) is 0 Å². The molecule has 1 spiro atoms. The van der Waals surface area contributed by atoms with Gasteiger partial charge in [0.1, 0.15) is 10.7 Å². The van der Waals surface area contributed by atoms with Gasteiger partial charge in [0, 0.05) is 26.2 Å². The van der Waals surface area contributed by atoms with Crippen molar-refractivity contribution in [3.05, 3.63) is 46.2 Å². The number of aryl methyl sites for hydroxylation is 1. The van der Waals surface area contributed by atoms with Crippen molar-refractivity contribution >= 4 is 23.3 Å². The molecule has 1 atom stereocenters. The lowest BCUT2D eigenvalue weighted by Crippen LogP contribution is -2.50. The van der Waals surface area contributed by atoms with E-state index in [2.05, 4.69) is 9.59 Å². The maximum Gasteiger partial charge on any atom is 0.267 e. The lowest BCUT2D eigenvalue weighted by Gasteiger charge is -2.39. The molecule has 1 unspecified atom stereocenters. The highest BCUT2D eigenvalue weighted by atomic mass is 32.1. The van der Waals surface area contributed by atoms with E-state index < -0.39 is 5.41 Å². The number of benzene rings is 1. The van der Waals surface area contributed by atoms with Crippen LogP contribution in [-0.4, -0.2) is 50.8 Å². The van der Waals surface area contributed by atoms with Gasteiger partial charge in [-0.1, -0.05) is 16.6 Å². The van der Waals surface area contributed by atoms with Crippen molar-refractivity contribution < 1.29 is 14.0 Å². The van der Waals surface area contributed by atoms with Crippen LogP contribution in [0.3, 0.4) is 0 Å². The van der Waals surface area contributed by atoms with Crippen LogP contribution in [0.25, 0.3) is 0 Å². The third kappa shape index (κ3) is 3.34. The number of nitrogens with zero attached hydrogens (tertiary/aromatic N) is 4. The average molecular weight is 388 g/mol. The van der Waals surface area contributed by atoms with E-state index in [4.69, 9.17) is 0 Å². The smallest absolute Gasteiger partial charge is 0.267 e. The van der Waals surface area contributed by atoms with Gasteiger partial charge in [-0.15, -0.1) is 5.10 Å². The standard InChI is InChI=1S/C19H21FN4O2S/c1-13-16(27-22-21-13)17(25)24-10-8-19(12-24)7-2-9-23(18(19)26)11-14-3-5-15(20)6-4-14/h3-6H,2,7-12H2,1H3. The molecule has 4 rings (SSSR count). The molecule has 2 aliphatic rings. The Balaban J connectivity index is 1.48. The first kappa shape index (κ1) is 18.0. The number of rotatable bonds is 3. The van der Waals surface area contributed by atoms with Gasteiger partial charge in [0.25, 0.3) is 5.91 Å². The summed E-state index contributed by atoms with van der Waals surface area (Å²) in [5, 5.41) is 3.91. The van der Waals surface area contributed by atoms with E-state index in [-0.39, 0.29) is 17.6 Å². The van der Waals surface area contributed by atoms with Crippen LogP contribution in [0, 0.1) is 18.2 Å². The first-order chi connectivity index (χ1) is 13.0. The van der Waals surface area contributed by atoms with Gasteiger partial charge < -0.3 is 9.80 Å². The molecule has 2 amide bonds. The summed E-state index contributed by atoms with van der Waals surface area (Å²) in [5.41, 5.74) is 1.05. The Morgan fingerprint density at radius 2 is 2.04 bits per heavy atom. The normalized spacial score (nSPS) is 22.7. The van der Waals surface area contributed by atoms with E-state index in [0.29, 0.717) is 43.2 Å².